The maximum absolute atomic E-state index is 5.50. The van der Waals surface area contributed by atoms with Crippen LogP contribution >= 0.6 is 0 Å². The maximum atomic E-state index is 5.50. The number of unbranched alkanes of at least 4 members (excludes halogenated alkanes) is 12. The highest BCUT2D eigenvalue weighted by atomic mass is 16.7. The zero-order valence-corrected chi connectivity index (χ0v) is 14.8. The smallest absolute Gasteiger partial charge is 0.146 e. The molecule has 0 radical (unpaired) electrons. The average Bonchev–Trinajstić information content (AvgIpc) is 2.50. The van der Waals surface area contributed by atoms with E-state index >= 15 is 0 Å². The molecule has 21 heavy (non-hydrogen) atoms. The van der Waals surface area contributed by atoms with Crippen molar-refractivity contribution in [2.24, 2.45) is 0 Å². The molecule has 0 aliphatic carbocycles. The van der Waals surface area contributed by atoms with Crippen LogP contribution in [0.2, 0.25) is 0 Å². The van der Waals surface area contributed by atoms with Crippen LogP contribution < -0.4 is 0 Å². The summed E-state index contributed by atoms with van der Waals surface area (Å²) in [5.74, 6) is 0. The first-order valence-electron chi connectivity index (χ1n) is 9.57. The van der Waals surface area contributed by atoms with Crippen LogP contribution in [0.4, 0.5) is 0 Å². The first-order chi connectivity index (χ1) is 10.4. The molecule has 0 bridgehead atoms. The molecule has 0 heterocycles. The van der Waals surface area contributed by atoms with Gasteiger partial charge in [-0.2, -0.15) is 0 Å². The molecule has 0 saturated heterocycles. The molecule has 0 aliphatic rings. The fraction of sp³-hybridized carbons (Fsp3) is 1.00. The van der Waals surface area contributed by atoms with Gasteiger partial charge in [0.15, 0.2) is 0 Å². The minimum atomic E-state index is 0.492. The molecule has 0 aliphatic heterocycles. The van der Waals surface area contributed by atoms with Gasteiger partial charge in [-0.3, -0.25) is 0 Å². The summed E-state index contributed by atoms with van der Waals surface area (Å²) >= 11 is 0. The lowest BCUT2D eigenvalue weighted by atomic mass is 10.1. The van der Waals surface area contributed by atoms with Gasteiger partial charge in [-0.05, 0) is 12.8 Å². The van der Waals surface area contributed by atoms with Gasteiger partial charge in [-0.1, -0.05) is 90.9 Å². The summed E-state index contributed by atoms with van der Waals surface area (Å²) in [5.41, 5.74) is 0. The van der Waals surface area contributed by atoms with Crippen molar-refractivity contribution >= 4 is 0 Å². The molecule has 0 saturated carbocycles. The van der Waals surface area contributed by atoms with Crippen molar-refractivity contribution in [3.8, 4) is 0 Å². The Hall–Kier alpha value is -0.0800. The molecule has 0 unspecified atom stereocenters. The molecule has 0 aromatic heterocycles. The summed E-state index contributed by atoms with van der Waals surface area (Å²) in [7, 11) is 0. The van der Waals surface area contributed by atoms with Crippen molar-refractivity contribution in [1.29, 1.82) is 0 Å². The second kappa shape index (κ2) is 19.9. The normalized spacial score (nSPS) is 11.1. The molecular weight excluding hydrogens is 260 g/mol. The highest BCUT2D eigenvalue weighted by molar-refractivity contribution is 4.45. The van der Waals surface area contributed by atoms with Crippen molar-refractivity contribution in [1.82, 2.24) is 0 Å². The van der Waals surface area contributed by atoms with Crippen LogP contribution in [0.5, 0.6) is 0 Å². The summed E-state index contributed by atoms with van der Waals surface area (Å²) in [4.78, 5) is 0. The molecule has 0 aromatic rings. The van der Waals surface area contributed by atoms with Gasteiger partial charge >= 0.3 is 0 Å². The number of hydrogen-bond donors (Lipinski definition) is 0. The van der Waals surface area contributed by atoms with E-state index in [9.17, 15) is 0 Å². The van der Waals surface area contributed by atoms with E-state index in [0.29, 0.717) is 6.79 Å². The Labute approximate surface area is 134 Å². The number of rotatable bonds is 18. The largest absolute Gasteiger partial charge is 0.355 e. The minimum Gasteiger partial charge on any atom is -0.355 e. The Morgan fingerprint density at radius 3 is 1.14 bits per heavy atom. The summed E-state index contributed by atoms with van der Waals surface area (Å²) in [6.45, 7) is 6.75. The molecule has 0 fully saturated rings. The Morgan fingerprint density at radius 1 is 0.429 bits per heavy atom. The molecule has 0 aromatic carbocycles. The van der Waals surface area contributed by atoms with Crippen LogP contribution in [0, 0.1) is 0 Å². The van der Waals surface area contributed by atoms with Crippen LogP contribution in [0.25, 0.3) is 0 Å². The standard InChI is InChI=1S/C19H40O2/c1-3-5-7-9-11-13-15-17-20-19-21-18-16-14-12-10-8-6-4-2/h3-19H2,1-2H3. The number of ether oxygens (including phenoxy) is 2. The first kappa shape index (κ1) is 20.9. The topological polar surface area (TPSA) is 18.5 Å². The Bertz CT molecular complexity index is 153. The van der Waals surface area contributed by atoms with Crippen LogP contribution in [0.1, 0.15) is 104 Å². The third-order valence-corrected chi connectivity index (χ3v) is 3.95. The van der Waals surface area contributed by atoms with Crippen molar-refractivity contribution in [3.63, 3.8) is 0 Å². The fourth-order valence-electron chi connectivity index (χ4n) is 2.50. The monoisotopic (exact) mass is 300 g/mol. The summed E-state index contributed by atoms with van der Waals surface area (Å²) < 4.78 is 11.0. The fourth-order valence-corrected chi connectivity index (χ4v) is 2.50. The quantitative estimate of drug-likeness (QED) is 0.213. The maximum Gasteiger partial charge on any atom is 0.146 e. The average molecular weight is 301 g/mol. The number of hydrogen-bond acceptors (Lipinski definition) is 2. The molecule has 0 rings (SSSR count). The van der Waals surface area contributed by atoms with Crippen LogP contribution in [0.15, 0.2) is 0 Å². The lowest BCUT2D eigenvalue weighted by Gasteiger charge is -2.06. The SMILES string of the molecule is CCCCCCCCCOCOCCCCCCCCC. The predicted molar refractivity (Wildman–Crippen MR) is 92.8 cm³/mol. The van der Waals surface area contributed by atoms with E-state index in [4.69, 9.17) is 9.47 Å². The van der Waals surface area contributed by atoms with Gasteiger partial charge in [0.25, 0.3) is 0 Å². The van der Waals surface area contributed by atoms with Crippen molar-refractivity contribution in [2.75, 3.05) is 20.0 Å². The van der Waals surface area contributed by atoms with E-state index in [1.807, 2.05) is 0 Å². The van der Waals surface area contributed by atoms with E-state index in [2.05, 4.69) is 13.8 Å². The molecule has 0 N–H and O–H groups in total. The zero-order chi connectivity index (χ0) is 15.4. The predicted octanol–water partition coefficient (Wildman–Crippen LogP) is 6.48. The van der Waals surface area contributed by atoms with Gasteiger partial charge in [0, 0.05) is 13.2 Å². The van der Waals surface area contributed by atoms with Gasteiger partial charge in [-0.25, -0.2) is 0 Å². The lowest BCUT2D eigenvalue weighted by Crippen LogP contribution is -2.03. The van der Waals surface area contributed by atoms with Gasteiger partial charge in [0.05, 0.1) is 0 Å². The summed E-state index contributed by atoms with van der Waals surface area (Å²) in [6, 6.07) is 0. The van der Waals surface area contributed by atoms with E-state index in [1.54, 1.807) is 0 Å². The first-order valence-corrected chi connectivity index (χ1v) is 9.57. The molecule has 0 atom stereocenters. The van der Waals surface area contributed by atoms with E-state index in [-0.39, 0.29) is 0 Å². The van der Waals surface area contributed by atoms with Crippen LogP contribution in [0.3, 0.4) is 0 Å². The minimum absolute atomic E-state index is 0.492. The third kappa shape index (κ3) is 19.9. The molecule has 128 valence electrons. The van der Waals surface area contributed by atoms with Crippen LogP contribution in [-0.4, -0.2) is 20.0 Å². The Kier molecular flexibility index (Phi) is 19.8. The van der Waals surface area contributed by atoms with Gasteiger partial charge in [-0.15, -0.1) is 0 Å². The van der Waals surface area contributed by atoms with Crippen molar-refractivity contribution in [3.05, 3.63) is 0 Å². The molecule has 0 amide bonds. The second-order valence-corrected chi connectivity index (χ2v) is 6.18. The zero-order valence-electron chi connectivity index (χ0n) is 14.8. The third-order valence-electron chi connectivity index (χ3n) is 3.95. The highest BCUT2D eigenvalue weighted by Gasteiger charge is 1.93. The Balaban J connectivity index is 2.90. The van der Waals surface area contributed by atoms with E-state index in [0.717, 1.165) is 13.2 Å². The summed E-state index contributed by atoms with van der Waals surface area (Å²) in [6.07, 6.45) is 18.8. The Morgan fingerprint density at radius 2 is 0.762 bits per heavy atom. The molecule has 2 nitrogen and oxygen atoms in total. The molecular formula is C19H40O2. The van der Waals surface area contributed by atoms with Crippen molar-refractivity contribution < 1.29 is 9.47 Å². The van der Waals surface area contributed by atoms with Gasteiger partial charge < -0.3 is 9.47 Å². The highest BCUT2D eigenvalue weighted by Crippen LogP contribution is 2.08. The van der Waals surface area contributed by atoms with E-state index < -0.39 is 0 Å². The van der Waals surface area contributed by atoms with Crippen LogP contribution in [-0.2, 0) is 9.47 Å². The van der Waals surface area contributed by atoms with Gasteiger partial charge in [0.1, 0.15) is 6.79 Å². The van der Waals surface area contributed by atoms with Crippen molar-refractivity contribution in [2.45, 2.75) is 104 Å². The summed E-state index contributed by atoms with van der Waals surface area (Å²) in [5, 5.41) is 0. The molecule has 0 spiro atoms. The van der Waals surface area contributed by atoms with E-state index in [1.165, 1.54) is 89.9 Å². The molecule has 2 heteroatoms. The van der Waals surface area contributed by atoms with Gasteiger partial charge in [0.2, 0.25) is 0 Å². The second-order valence-electron chi connectivity index (χ2n) is 6.18. The lowest BCUT2D eigenvalue weighted by molar-refractivity contribution is -0.0556.